The lowest BCUT2D eigenvalue weighted by molar-refractivity contribution is -0.117. The van der Waals surface area contributed by atoms with E-state index in [0.29, 0.717) is 0 Å². The van der Waals surface area contributed by atoms with Crippen LogP contribution in [0.25, 0.3) is 0 Å². The molecule has 1 aromatic rings. The average Bonchev–Trinajstić information content (AvgIpc) is 2.35. The summed E-state index contributed by atoms with van der Waals surface area (Å²) in [6.45, 7) is -0.00929. The normalized spacial score (nSPS) is 24.7. The van der Waals surface area contributed by atoms with Crippen LogP contribution in [0.2, 0.25) is 0 Å². The van der Waals surface area contributed by atoms with Crippen LogP contribution in [-0.4, -0.2) is 24.5 Å². The fourth-order valence-corrected chi connectivity index (χ4v) is 1.95. The second-order valence-electron chi connectivity index (χ2n) is 4.57. The number of primary amides is 1. The van der Waals surface area contributed by atoms with Crippen molar-refractivity contribution in [2.75, 3.05) is 6.61 Å². The minimum absolute atomic E-state index is 0.0984. The van der Waals surface area contributed by atoms with Gasteiger partial charge in [0, 0.05) is 11.1 Å². The lowest BCUT2D eigenvalue weighted by atomic mass is 9.84. The highest BCUT2D eigenvalue weighted by molar-refractivity contribution is 5.93. The number of nitrogens with zero attached hydrogens (tertiary/aromatic N) is 1. The van der Waals surface area contributed by atoms with Gasteiger partial charge in [-0.3, -0.25) is 4.79 Å². The van der Waals surface area contributed by atoms with Gasteiger partial charge in [-0.15, -0.1) is 0 Å². The zero-order chi connectivity index (χ0) is 15.1. The number of carbonyl (C=O) groups is 1. The Bertz CT molecular complexity index is 604. The second-order valence-corrected chi connectivity index (χ2v) is 4.57. The molecule has 0 radical (unpaired) electrons. The van der Waals surface area contributed by atoms with Crippen molar-refractivity contribution in [2.45, 2.75) is 18.4 Å². The molecule has 0 saturated heterocycles. The first-order valence-corrected chi connectivity index (χ1v) is 5.63. The van der Waals surface area contributed by atoms with Crippen LogP contribution in [0.3, 0.4) is 0 Å². The number of carbonyl (C=O) groups excluding carboxylic acids is 1. The molecule has 5 nitrogen and oxygen atoms in total. The summed E-state index contributed by atoms with van der Waals surface area (Å²) in [5.41, 5.74) is 7.52. The first-order chi connectivity index (χ1) is 9.17. The Labute approximate surface area is 112 Å². The number of nitrogens with two attached hydrogens (primary N) is 2. The summed E-state index contributed by atoms with van der Waals surface area (Å²) in [5, 5.41) is 0. The summed E-state index contributed by atoms with van der Waals surface area (Å²) in [5.74, 6) is -5.29. The first-order valence-electron chi connectivity index (χ1n) is 5.63. The highest BCUT2D eigenvalue weighted by Gasteiger charge is 2.56. The smallest absolute Gasteiger partial charge is 0.310 e. The van der Waals surface area contributed by atoms with Crippen molar-refractivity contribution in [3.05, 3.63) is 35.1 Å². The molecule has 1 heterocycles. The van der Waals surface area contributed by atoms with Gasteiger partial charge >= 0.3 is 5.92 Å². The SMILES string of the molecule is C[C@]1(c2cc(C(N)=O)ccc2F)N=C(N)OCC1(F)F. The molecule has 0 saturated carbocycles. The molecule has 2 rings (SSSR count). The van der Waals surface area contributed by atoms with E-state index >= 15 is 0 Å². The average molecular weight is 287 g/mol. The van der Waals surface area contributed by atoms with Crippen LogP contribution in [0, 0.1) is 5.82 Å². The minimum Gasteiger partial charge on any atom is -0.459 e. The Kier molecular flexibility index (Phi) is 3.11. The lowest BCUT2D eigenvalue weighted by Crippen LogP contribution is -2.51. The minimum atomic E-state index is -3.49. The maximum Gasteiger partial charge on any atom is 0.310 e. The molecule has 1 amide bonds. The van der Waals surface area contributed by atoms with E-state index in [-0.39, 0.29) is 5.56 Å². The van der Waals surface area contributed by atoms with Crippen molar-refractivity contribution in [3.8, 4) is 0 Å². The van der Waals surface area contributed by atoms with E-state index < -0.39 is 41.4 Å². The lowest BCUT2D eigenvalue weighted by Gasteiger charge is -2.37. The van der Waals surface area contributed by atoms with Crippen LogP contribution < -0.4 is 11.5 Å². The maximum atomic E-state index is 14.1. The Balaban J connectivity index is 2.66. The van der Waals surface area contributed by atoms with Crippen LogP contribution in [0.4, 0.5) is 13.2 Å². The predicted octanol–water partition coefficient (Wildman–Crippen LogP) is 1.12. The van der Waals surface area contributed by atoms with Gasteiger partial charge in [0.1, 0.15) is 5.82 Å². The number of rotatable bonds is 2. The van der Waals surface area contributed by atoms with Crippen molar-refractivity contribution >= 4 is 11.9 Å². The third kappa shape index (κ3) is 2.06. The summed E-state index contributed by atoms with van der Waals surface area (Å²) in [7, 11) is 0. The number of alkyl halides is 2. The third-order valence-corrected chi connectivity index (χ3v) is 3.22. The van der Waals surface area contributed by atoms with E-state index in [1.807, 2.05) is 0 Å². The van der Waals surface area contributed by atoms with Gasteiger partial charge in [-0.1, -0.05) is 0 Å². The molecule has 0 fully saturated rings. The number of halogens is 3. The predicted molar refractivity (Wildman–Crippen MR) is 64.8 cm³/mol. The summed E-state index contributed by atoms with van der Waals surface area (Å²) in [4.78, 5) is 14.6. The molecule has 0 aromatic heterocycles. The van der Waals surface area contributed by atoms with E-state index in [1.54, 1.807) is 0 Å². The fourth-order valence-electron chi connectivity index (χ4n) is 1.95. The van der Waals surface area contributed by atoms with E-state index in [0.717, 1.165) is 25.1 Å². The molecule has 108 valence electrons. The molecule has 4 N–H and O–H groups in total. The maximum absolute atomic E-state index is 14.1. The third-order valence-electron chi connectivity index (χ3n) is 3.22. The van der Waals surface area contributed by atoms with E-state index in [1.165, 1.54) is 0 Å². The van der Waals surface area contributed by atoms with Gasteiger partial charge in [-0.2, -0.15) is 8.78 Å². The molecule has 1 aliphatic rings. The molecule has 1 aliphatic heterocycles. The molecular formula is C12H12F3N3O2. The Morgan fingerprint density at radius 1 is 1.45 bits per heavy atom. The number of ether oxygens (including phenoxy) is 1. The number of benzene rings is 1. The highest BCUT2D eigenvalue weighted by atomic mass is 19.3. The number of aliphatic imine (C=N–C) groups is 1. The molecule has 1 aromatic carbocycles. The van der Waals surface area contributed by atoms with Gasteiger partial charge < -0.3 is 16.2 Å². The van der Waals surface area contributed by atoms with E-state index in [4.69, 9.17) is 11.5 Å². The molecule has 20 heavy (non-hydrogen) atoms. The van der Waals surface area contributed by atoms with Crippen LogP contribution in [0.1, 0.15) is 22.8 Å². The highest BCUT2D eigenvalue weighted by Crippen LogP contribution is 2.44. The Morgan fingerprint density at radius 2 is 2.10 bits per heavy atom. The van der Waals surface area contributed by atoms with Crippen molar-refractivity contribution in [2.24, 2.45) is 16.5 Å². The molecule has 1 atom stereocenters. The number of amides is 1. The van der Waals surface area contributed by atoms with Gasteiger partial charge in [0.2, 0.25) is 5.91 Å². The van der Waals surface area contributed by atoms with Crippen molar-refractivity contribution < 1.29 is 22.7 Å². The van der Waals surface area contributed by atoms with Gasteiger partial charge in [0.05, 0.1) is 0 Å². The standard InChI is InChI=1S/C12H12F3N3O2/c1-11(12(14,15)5-20-10(17)18-11)7-4-6(9(16)19)2-3-8(7)13/h2-4H,5H2,1H3,(H2,16,19)(H2,17,18)/t11-/m1/s1. The molecule has 0 unspecified atom stereocenters. The van der Waals surface area contributed by atoms with Crippen LogP contribution in [0.15, 0.2) is 23.2 Å². The molecule has 0 aliphatic carbocycles. The molecular weight excluding hydrogens is 275 g/mol. The van der Waals surface area contributed by atoms with E-state index in [2.05, 4.69) is 9.73 Å². The van der Waals surface area contributed by atoms with Gasteiger partial charge in [0.15, 0.2) is 12.1 Å². The Hall–Kier alpha value is -2.25. The summed E-state index contributed by atoms with van der Waals surface area (Å²) in [6, 6.07) is 2.48. The first kappa shape index (κ1) is 14.2. The largest absolute Gasteiger partial charge is 0.459 e. The number of hydrogen-bond donors (Lipinski definition) is 2. The summed E-state index contributed by atoms with van der Waals surface area (Å²) < 4.78 is 46.5. The van der Waals surface area contributed by atoms with Gasteiger partial charge in [0.25, 0.3) is 6.02 Å². The summed E-state index contributed by atoms with van der Waals surface area (Å²) >= 11 is 0. The van der Waals surface area contributed by atoms with Crippen molar-refractivity contribution in [1.82, 2.24) is 0 Å². The monoisotopic (exact) mass is 287 g/mol. The molecule has 8 heteroatoms. The molecule has 0 spiro atoms. The second kappa shape index (κ2) is 4.39. The van der Waals surface area contributed by atoms with E-state index in [9.17, 15) is 18.0 Å². The van der Waals surface area contributed by atoms with Crippen LogP contribution in [0.5, 0.6) is 0 Å². The summed E-state index contributed by atoms with van der Waals surface area (Å²) in [6.07, 6.45) is 0. The van der Waals surface area contributed by atoms with Crippen LogP contribution in [-0.2, 0) is 10.3 Å². The fraction of sp³-hybridized carbons (Fsp3) is 0.333. The number of amidine groups is 1. The van der Waals surface area contributed by atoms with Gasteiger partial charge in [-0.05, 0) is 25.1 Å². The zero-order valence-corrected chi connectivity index (χ0v) is 10.5. The molecule has 0 bridgehead atoms. The van der Waals surface area contributed by atoms with Crippen molar-refractivity contribution in [3.63, 3.8) is 0 Å². The number of hydrogen-bond acceptors (Lipinski definition) is 4. The zero-order valence-electron chi connectivity index (χ0n) is 10.5. The Morgan fingerprint density at radius 3 is 2.70 bits per heavy atom. The topological polar surface area (TPSA) is 90.7 Å². The quantitative estimate of drug-likeness (QED) is 0.854. The van der Waals surface area contributed by atoms with Crippen LogP contribution >= 0.6 is 0 Å². The van der Waals surface area contributed by atoms with Crippen molar-refractivity contribution in [1.29, 1.82) is 0 Å². The van der Waals surface area contributed by atoms with Gasteiger partial charge in [-0.25, -0.2) is 9.38 Å².